The zero-order valence-electron chi connectivity index (χ0n) is 13.2. The lowest BCUT2D eigenvalue weighted by atomic mass is 10.0. The van der Waals surface area contributed by atoms with Crippen molar-refractivity contribution < 1.29 is 9.59 Å². The van der Waals surface area contributed by atoms with Crippen molar-refractivity contribution in [3.05, 3.63) is 59.2 Å². The van der Waals surface area contributed by atoms with Crippen molar-refractivity contribution in [1.82, 2.24) is 0 Å². The molecule has 0 saturated heterocycles. The molecule has 0 saturated carbocycles. The molecule has 0 aliphatic carbocycles. The van der Waals surface area contributed by atoms with Gasteiger partial charge in [-0.25, -0.2) is 0 Å². The molecule has 0 fully saturated rings. The van der Waals surface area contributed by atoms with Crippen LogP contribution >= 0.6 is 0 Å². The second-order valence-electron chi connectivity index (χ2n) is 5.78. The Bertz CT molecular complexity index is 736. The molecule has 2 aromatic carbocycles. The SMILES string of the molecule is CCc1ccc(NC(=O)c2ccc3c(c2)CCCC(=O)N3)cc1. The van der Waals surface area contributed by atoms with E-state index in [0.29, 0.717) is 12.0 Å². The van der Waals surface area contributed by atoms with Crippen LogP contribution in [0, 0.1) is 0 Å². The van der Waals surface area contributed by atoms with E-state index in [1.165, 1.54) is 5.56 Å². The van der Waals surface area contributed by atoms with Gasteiger partial charge in [-0.05, 0) is 60.7 Å². The molecule has 2 amide bonds. The zero-order valence-corrected chi connectivity index (χ0v) is 13.2. The van der Waals surface area contributed by atoms with Gasteiger partial charge in [0.05, 0.1) is 0 Å². The van der Waals surface area contributed by atoms with Crippen molar-refractivity contribution in [2.45, 2.75) is 32.6 Å². The van der Waals surface area contributed by atoms with E-state index in [-0.39, 0.29) is 11.8 Å². The highest BCUT2D eigenvalue weighted by atomic mass is 16.2. The lowest BCUT2D eigenvalue weighted by Gasteiger charge is -2.10. The minimum absolute atomic E-state index is 0.0389. The van der Waals surface area contributed by atoms with Gasteiger partial charge >= 0.3 is 0 Å². The van der Waals surface area contributed by atoms with Crippen LogP contribution in [0.5, 0.6) is 0 Å². The summed E-state index contributed by atoms with van der Waals surface area (Å²) in [5.74, 6) is -0.0930. The first-order valence-electron chi connectivity index (χ1n) is 7.99. The summed E-state index contributed by atoms with van der Waals surface area (Å²) in [4.78, 5) is 24.0. The summed E-state index contributed by atoms with van der Waals surface area (Å²) in [5.41, 5.74) is 4.47. The molecule has 4 nitrogen and oxygen atoms in total. The number of carbonyl (C=O) groups is 2. The predicted molar refractivity (Wildman–Crippen MR) is 91.8 cm³/mol. The molecule has 1 heterocycles. The molecule has 0 unspecified atom stereocenters. The van der Waals surface area contributed by atoms with Gasteiger partial charge in [0.25, 0.3) is 5.91 Å². The molecule has 1 aliphatic heterocycles. The fourth-order valence-electron chi connectivity index (χ4n) is 2.74. The Kier molecular flexibility index (Phi) is 4.42. The van der Waals surface area contributed by atoms with E-state index < -0.39 is 0 Å². The lowest BCUT2D eigenvalue weighted by Crippen LogP contribution is -2.13. The Hall–Kier alpha value is -2.62. The highest BCUT2D eigenvalue weighted by Crippen LogP contribution is 2.23. The third kappa shape index (κ3) is 3.59. The van der Waals surface area contributed by atoms with Crippen molar-refractivity contribution in [2.75, 3.05) is 10.6 Å². The zero-order chi connectivity index (χ0) is 16.2. The van der Waals surface area contributed by atoms with Crippen LogP contribution < -0.4 is 10.6 Å². The molecular weight excluding hydrogens is 288 g/mol. The van der Waals surface area contributed by atoms with Crippen LogP contribution in [0.3, 0.4) is 0 Å². The van der Waals surface area contributed by atoms with Crippen LogP contribution in [-0.2, 0) is 17.6 Å². The first kappa shape index (κ1) is 15.3. The third-order valence-electron chi connectivity index (χ3n) is 4.11. The fourth-order valence-corrected chi connectivity index (χ4v) is 2.74. The molecule has 118 valence electrons. The summed E-state index contributed by atoms with van der Waals surface area (Å²) < 4.78 is 0. The van der Waals surface area contributed by atoms with Gasteiger partial charge in [0.2, 0.25) is 5.91 Å². The number of anilines is 2. The third-order valence-corrected chi connectivity index (χ3v) is 4.11. The molecule has 0 atom stereocenters. The summed E-state index contributed by atoms with van der Waals surface area (Å²) in [6.07, 6.45) is 3.12. The van der Waals surface area contributed by atoms with Crippen LogP contribution in [-0.4, -0.2) is 11.8 Å². The molecule has 2 aromatic rings. The number of nitrogens with one attached hydrogen (secondary N) is 2. The summed E-state index contributed by atoms with van der Waals surface area (Å²) in [5, 5.41) is 5.79. The molecule has 3 rings (SSSR count). The summed E-state index contributed by atoms with van der Waals surface area (Å²) in [6, 6.07) is 13.3. The number of amides is 2. The van der Waals surface area contributed by atoms with E-state index in [9.17, 15) is 9.59 Å². The first-order valence-corrected chi connectivity index (χ1v) is 7.99. The van der Waals surface area contributed by atoms with E-state index in [4.69, 9.17) is 0 Å². The van der Waals surface area contributed by atoms with E-state index in [1.54, 1.807) is 6.07 Å². The van der Waals surface area contributed by atoms with Crippen molar-refractivity contribution in [3.8, 4) is 0 Å². The number of hydrogen-bond donors (Lipinski definition) is 2. The quantitative estimate of drug-likeness (QED) is 0.906. The molecule has 1 aliphatic rings. The van der Waals surface area contributed by atoms with E-state index >= 15 is 0 Å². The van der Waals surface area contributed by atoms with E-state index in [2.05, 4.69) is 17.6 Å². The van der Waals surface area contributed by atoms with Gasteiger partial charge in [0, 0.05) is 23.4 Å². The molecule has 0 radical (unpaired) electrons. The van der Waals surface area contributed by atoms with Gasteiger partial charge in [-0.15, -0.1) is 0 Å². The van der Waals surface area contributed by atoms with Crippen molar-refractivity contribution in [2.24, 2.45) is 0 Å². The highest BCUT2D eigenvalue weighted by Gasteiger charge is 2.15. The molecule has 0 spiro atoms. The number of benzene rings is 2. The minimum atomic E-state index is -0.132. The standard InChI is InChI=1S/C19H20N2O2/c1-2-13-6-9-16(10-7-13)20-19(23)15-8-11-17-14(12-15)4-3-5-18(22)21-17/h6-12H,2-5H2,1H3,(H,20,23)(H,21,22). The maximum atomic E-state index is 12.4. The lowest BCUT2D eigenvalue weighted by molar-refractivity contribution is -0.116. The number of carbonyl (C=O) groups excluding carboxylic acids is 2. The summed E-state index contributed by atoms with van der Waals surface area (Å²) in [6.45, 7) is 2.10. The van der Waals surface area contributed by atoms with Crippen molar-refractivity contribution >= 4 is 23.2 Å². The molecule has 0 bridgehead atoms. The Morgan fingerprint density at radius 3 is 2.65 bits per heavy atom. The van der Waals surface area contributed by atoms with Crippen LogP contribution in [0.4, 0.5) is 11.4 Å². The van der Waals surface area contributed by atoms with Gasteiger partial charge in [0.15, 0.2) is 0 Å². The number of aryl methyl sites for hydroxylation is 2. The first-order chi connectivity index (χ1) is 11.2. The average Bonchev–Trinajstić information content (AvgIpc) is 2.75. The van der Waals surface area contributed by atoms with E-state index in [1.807, 2.05) is 36.4 Å². The van der Waals surface area contributed by atoms with Gasteiger partial charge in [-0.3, -0.25) is 9.59 Å². The largest absolute Gasteiger partial charge is 0.326 e. The number of fused-ring (bicyclic) bond motifs is 1. The Morgan fingerprint density at radius 1 is 1.13 bits per heavy atom. The van der Waals surface area contributed by atoms with E-state index in [0.717, 1.165) is 36.2 Å². The number of hydrogen-bond acceptors (Lipinski definition) is 2. The Labute approximate surface area is 135 Å². The van der Waals surface area contributed by atoms with Gasteiger partial charge < -0.3 is 10.6 Å². The molecule has 4 heteroatoms. The molecular formula is C19H20N2O2. The van der Waals surface area contributed by atoms with Crippen LogP contribution in [0.25, 0.3) is 0 Å². The highest BCUT2D eigenvalue weighted by molar-refractivity contribution is 6.05. The van der Waals surface area contributed by atoms with Crippen molar-refractivity contribution in [1.29, 1.82) is 0 Å². The van der Waals surface area contributed by atoms with Gasteiger partial charge in [-0.2, -0.15) is 0 Å². The molecule has 0 aromatic heterocycles. The monoisotopic (exact) mass is 308 g/mol. The van der Waals surface area contributed by atoms with Crippen LogP contribution in [0.2, 0.25) is 0 Å². The summed E-state index contributed by atoms with van der Waals surface area (Å²) >= 11 is 0. The second-order valence-corrected chi connectivity index (χ2v) is 5.78. The predicted octanol–water partition coefficient (Wildman–Crippen LogP) is 3.78. The fraction of sp³-hybridized carbons (Fsp3) is 0.263. The van der Waals surface area contributed by atoms with Crippen LogP contribution in [0.1, 0.15) is 41.3 Å². The molecule has 23 heavy (non-hydrogen) atoms. The smallest absolute Gasteiger partial charge is 0.255 e. The summed E-state index contributed by atoms with van der Waals surface area (Å²) in [7, 11) is 0. The maximum Gasteiger partial charge on any atom is 0.255 e. The molecule has 2 N–H and O–H groups in total. The Balaban J connectivity index is 1.77. The topological polar surface area (TPSA) is 58.2 Å². The Morgan fingerprint density at radius 2 is 1.91 bits per heavy atom. The van der Waals surface area contributed by atoms with Gasteiger partial charge in [0.1, 0.15) is 0 Å². The normalized spacial score (nSPS) is 13.7. The maximum absolute atomic E-state index is 12.4. The minimum Gasteiger partial charge on any atom is -0.326 e. The van der Waals surface area contributed by atoms with Crippen molar-refractivity contribution in [3.63, 3.8) is 0 Å². The van der Waals surface area contributed by atoms with Gasteiger partial charge in [-0.1, -0.05) is 19.1 Å². The van der Waals surface area contributed by atoms with Crippen LogP contribution in [0.15, 0.2) is 42.5 Å². The number of rotatable bonds is 3. The average molecular weight is 308 g/mol. The second kappa shape index (κ2) is 6.65.